The highest BCUT2D eigenvalue weighted by molar-refractivity contribution is 5.90. The average molecular weight is 319 g/mol. The Balaban J connectivity index is 1.62. The zero-order chi connectivity index (χ0) is 16.4. The summed E-state index contributed by atoms with van der Waals surface area (Å²) in [6.07, 6.45) is 4.87. The molecule has 1 aliphatic heterocycles. The van der Waals surface area contributed by atoms with E-state index in [9.17, 15) is 0 Å². The first-order valence-electron chi connectivity index (χ1n) is 8.48. The molecule has 2 aromatic heterocycles. The number of pyridine rings is 1. The van der Waals surface area contributed by atoms with Crippen molar-refractivity contribution in [2.45, 2.75) is 19.9 Å². The fraction of sp³-hybridized carbons (Fsp3) is 0.316. The van der Waals surface area contributed by atoms with Crippen molar-refractivity contribution in [1.82, 2.24) is 15.0 Å². The Labute approximate surface area is 141 Å². The average Bonchev–Trinajstić information content (AvgIpc) is 2.60. The Hall–Kier alpha value is -2.69. The van der Waals surface area contributed by atoms with Crippen molar-refractivity contribution in [3.63, 3.8) is 0 Å². The lowest BCUT2D eigenvalue weighted by Crippen LogP contribution is -2.47. The van der Waals surface area contributed by atoms with E-state index in [2.05, 4.69) is 39.2 Å². The number of nitrogens with zero attached hydrogens (tertiary/aromatic N) is 4. The molecule has 1 N–H and O–H groups in total. The van der Waals surface area contributed by atoms with Gasteiger partial charge in [-0.25, -0.2) is 4.98 Å². The number of anilines is 2. The number of benzene rings is 1. The van der Waals surface area contributed by atoms with Gasteiger partial charge in [0, 0.05) is 37.4 Å². The second kappa shape index (κ2) is 6.43. The van der Waals surface area contributed by atoms with Gasteiger partial charge in [0.1, 0.15) is 5.82 Å². The second-order valence-corrected chi connectivity index (χ2v) is 6.28. The molecule has 0 unspecified atom stereocenters. The lowest BCUT2D eigenvalue weighted by atomic mass is 9.97. The van der Waals surface area contributed by atoms with Gasteiger partial charge < -0.3 is 10.2 Å². The molecule has 5 heteroatoms. The smallest absolute Gasteiger partial charge is 0.225 e. The number of para-hydroxylation sites is 1. The third-order valence-corrected chi connectivity index (χ3v) is 4.59. The van der Waals surface area contributed by atoms with E-state index in [-0.39, 0.29) is 0 Å². The Kier molecular flexibility index (Phi) is 3.99. The summed E-state index contributed by atoms with van der Waals surface area (Å²) in [6.45, 7) is 5.09. The fourth-order valence-corrected chi connectivity index (χ4v) is 3.06. The van der Waals surface area contributed by atoms with Crippen LogP contribution in [0.2, 0.25) is 0 Å². The largest absolute Gasteiger partial charge is 0.355 e. The van der Waals surface area contributed by atoms with Gasteiger partial charge in [-0.15, -0.1) is 0 Å². The quantitative estimate of drug-likeness (QED) is 0.780. The van der Waals surface area contributed by atoms with E-state index >= 15 is 0 Å². The van der Waals surface area contributed by atoms with Gasteiger partial charge in [0.15, 0.2) is 0 Å². The molecule has 1 aliphatic rings. The first-order valence-corrected chi connectivity index (χ1v) is 8.48. The summed E-state index contributed by atoms with van der Waals surface area (Å²) in [4.78, 5) is 15.9. The molecule has 24 heavy (non-hydrogen) atoms. The molecule has 0 aliphatic carbocycles. The van der Waals surface area contributed by atoms with E-state index < -0.39 is 0 Å². The summed E-state index contributed by atoms with van der Waals surface area (Å²) in [7, 11) is 0. The van der Waals surface area contributed by atoms with Crippen LogP contribution in [0, 0.1) is 5.92 Å². The third kappa shape index (κ3) is 2.89. The zero-order valence-electron chi connectivity index (χ0n) is 13.8. The highest BCUT2D eigenvalue weighted by Crippen LogP contribution is 2.31. The van der Waals surface area contributed by atoms with Crippen molar-refractivity contribution in [2.24, 2.45) is 5.92 Å². The number of hydrogen-bond donors (Lipinski definition) is 1. The molecule has 4 rings (SSSR count). The molecule has 122 valence electrons. The van der Waals surface area contributed by atoms with Crippen molar-refractivity contribution in [3.05, 3.63) is 54.4 Å². The SMILES string of the molecule is CCC1CN(c2nc(NCc3cccnc3)nc3ccccc23)C1. The number of aromatic nitrogens is 3. The van der Waals surface area contributed by atoms with Crippen molar-refractivity contribution < 1.29 is 0 Å². The Morgan fingerprint density at radius 2 is 2.00 bits per heavy atom. The molecular formula is C19H21N5. The van der Waals surface area contributed by atoms with E-state index in [4.69, 9.17) is 4.98 Å². The normalized spacial score (nSPS) is 14.6. The van der Waals surface area contributed by atoms with Crippen molar-refractivity contribution >= 4 is 22.7 Å². The molecule has 1 aromatic carbocycles. The highest BCUT2D eigenvalue weighted by Gasteiger charge is 2.27. The molecule has 1 fully saturated rings. The zero-order valence-corrected chi connectivity index (χ0v) is 13.8. The van der Waals surface area contributed by atoms with Crippen LogP contribution in [0.4, 0.5) is 11.8 Å². The molecular weight excluding hydrogens is 298 g/mol. The fourth-order valence-electron chi connectivity index (χ4n) is 3.06. The molecule has 0 amide bonds. The number of nitrogens with one attached hydrogen (secondary N) is 1. The van der Waals surface area contributed by atoms with Crippen LogP contribution in [0.3, 0.4) is 0 Å². The van der Waals surface area contributed by atoms with E-state index in [0.717, 1.165) is 41.3 Å². The maximum absolute atomic E-state index is 4.79. The lowest BCUT2D eigenvalue weighted by Gasteiger charge is -2.40. The van der Waals surface area contributed by atoms with Crippen LogP contribution >= 0.6 is 0 Å². The van der Waals surface area contributed by atoms with Gasteiger partial charge >= 0.3 is 0 Å². The Bertz CT molecular complexity index is 828. The maximum Gasteiger partial charge on any atom is 0.225 e. The standard InChI is InChI=1S/C19H21N5/c1-2-14-12-24(13-14)18-16-7-3-4-8-17(16)22-19(23-18)21-11-15-6-5-9-20-10-15/h3-10,14H,2,11-13H2,1H3,(H,21,22,23). The number of hydrogen-bond acceptors (Lipinski definition) is 5. The topological polar surface area (TPSA) is 53.9 Å². The molecule has 0 atom stereocenters. The summed E-state index contributed by atoms with van der Waals surface area (Å²) in [5.74, 6) is 2.50. The van der Waals surface area contributed by atoms with Gasteiger partial charge in [-0.3, -0.25) is 4.98 Å². The lowest BCUT2D eigenvalue weighted by molar-refractivity contribution is 0.397. The molecule has 0 saturated carbocycles. The van der Waals surface area contributed by atoms with Crippen LogP contribution in [-0.4, -0.2) is 28.0 Å². The van der Waals surface area contributed by atoms with E-state index in [0.29, 0.717) is 12.5 Å². The van der Waals surface area contributed by atoms with Crippen LogP contribution < -0.4 is 10.2 Å². The van der Waals surface area contributed by atoms with Crippen molar-refractivity contribution in [2.75, 3.05) is 23.3 Å². The Morgan fingerprint density at radius 1 is 1.12 bits per heavy atom. The first-order chi connectivity index (χ1) is 11.8. The van der Waals surface area contributed by atoms with Gasteiger partial charge in [-0.1, -0.05) is 25.1 Å². The van der Waals surface area contributed by atoms with Crippen LogP contribution in [0.5, 0.6) is 0 Å². The molecule has 3 aromatic rings. The monoisotopic (exact) mass is 319 g/mol. The van der Waals surface area contributed by atoms with Gasteiger partial charge in [0.25, 0.3) is 0 Å². The summed E-state index contributed by atoms with van der Waals surface area (Å²) in [6, 6.07) is 12.2. The predicted octanol–water partition coefficient (Wildman–Crippen LogP) is 3.48. The van der Waals surface area contributed by atoms with Gasteiger partial charge in [-0.2, -0.15) is 4.98 Å². The van der Waals surface area contributed by atoms with Crippen molar-refractivity contribution in [1.29, 1.82) is 0 Å². The number of rotatable bonds is 5. The van der Waals surface area contributed by atoms with Crippen LogP contribution in [0.1, 0.15) is 18.9 Å². The van der Waals surface area contributed by atoms with E-state index in [1.165, 1.54) is 6.42 Å². The molecule has 0 spiro atoms. The van der Waals surface area contributed by atoms with Gasteiger partial charge in [-0.05, 0) is 36.1 Å². The van der Waals surface area contributed by atoms with Crippen molar-refractivity contribution in [3.8, 4) is 0 Å². The molecule has 5 nitrogen and oxygen atoms in total. The second-order valence-electron chi connectivity index (χ2n) is 6.28. The molecule has 0 bridgehead atoms. The summed E-state index contributed by atoms with van der Waals surface area (Å²) in [5, 5.41) is 4.46. The minimum absolute atomic E-state index is 0.670. The molecule has 1 saturated heterocycles. The van der Waals surface area contributed by atoms with E-state index in [1.54, 1.807) is 6.20 Å². The van der Waals surface area contributed by atoms with Crippen LogP contribution in [0.25, 0.3) is 10.9 Å². The van der Waals surface area contributed by atoms with Crippen LogP contribution in [0.15, 0.2) is 48.8 Å². The summed E-state index contributed by atoms with van der Waals surface area (Å²) >= 11 is 0. The highest BCUT2D eigenvalue weighted by atomic mass is 15.3. The van der Waals surface area contributed by atoms with Gasteiger partial charge in [0.2, 0.25) is 5.95 Å². The maximum atomic E-state index is 4.79. The van der Waals surface area contributed by atoms with Crippen LogP contribution in [-0.2, 0) is 6.54 Å². The van der Waals surface area contributed by atoms with E-state index in [1.807, 2.05) is 30.5 Å². The molecule has 3 heterocycles. The summed E-state index contributed by atoms with van der Waals surface area (Å²) in [5.41, 5.74) is 2.10. The van der Waals surface area contributed by atoms with Gasteiger partial charge in [0.05, 0.1) is 5.52 Å². The predicted molar refractivity (Wildman–Crippen MR) is 97.1 cm³/mol. The minimum atomic E-state index is 0.670. The third-order valence-electron chi connectivity index (χ3n) is 4.59. The minimum Gasteiger partial charge on any atom is -0.355 e. The number of fused-ring (bicyclic) bond motifs is 1. The summed E-state index contributed by atoms with van der Waals surface area (Å²) < 4.78 is 0. The molecule has 0 radical (unpaired) electrons. The Morgan fingerprint density at radius 3 is 2.79 bits per heavy atom. The first kappa shape index (κ1) is 14.9.